The van der Waals surface area contributed by atoms with Crippen LogP contribution in [0.3, 0.4) is 0 Å². The summed E-state index contributed by atoms with van der Waals surface area (Å²) in [5.41, 5.74) is 0.733. The van der Waals surface area contributed by atoms with Crippen LogP contribution in [0.2, 0.25) is 0 Å². The van der Waals surface area contributed by atoms with Crippen molar-refractivity contribution in [1.29, 1.82) is 0 Å². The molecule has 0 amide bonds. The van der Waals surface area contributed by atoms with Crippen LogP contribution in [-0.2, 0) is 4.79 Å². The van der Waals surface area contributed by atoms with Crippen LogP contribution in [-0.4, -0.2) is 22.1 Å². The predicted octanol–water partition coefficient (Wildman–Crippen LogP) is 3.42. The molecular weight excluding hydrogens is 260 g/mol. The summed E-state index contributed by atoms with van der Waals surface area (Å²) in [5.74, 6) is 0.302. The Morgan fingerprint density at radius 2 is 1.79 bits per heavy atom. The van der Waals surface area contributed by atoms with Crippen LogP contribution in [0.4, 0.5) is 0 Å². The first-order valence-electron chi connectivity index (χ1n) is 6.29. The molecule has 4 heteroatoms. The lowest BCUT2D eigenvalue weighted by atomic mass is 9.98. The number of hydrogen-bond donors (Lipinski definition) is 1. The van der Waals surface area contributed by atoms with Crippen LogP contribution >= 0.6 is 11.8 Å². The lowest BCUT2D eigenvalue weighted by molar-refractivity contribution is -0.117. The summed E-state index contributed by atoms with van der Waals surface area (Å²) in [6.07, 6.45) is -0.784. The highest BCUT2D eigenvalue weighted by molar-refractivity contribution is 8.14. The first-order valence-corrected chi connectivity index (χ1v) is 7.11. The molecule has 0 spiro atoms. The van der Waals surface area contributed by atoms with Gasteiger partial charge in [-0.15, -0.1) is 0 Å². The fourth-order valence-corrected chi connectivity index (χ4v) is 2.53. The van der Waals surface area contributed by atoms with E-state index >= 15 is 0 Å². The van der Waals surface area contributed by atoms with Gasteiger partial charge in [0, 0.05) is 4.75 Å². The van der Waals surface area contributed by atoms with E-state index in [1.807, 2.05) is 20.8 Å². The molecule has 1 rings (SSSR count). The van der Waals surface area contributed by atoms with Crippen LogP contribution in [0, 0.1) is 5.92 Å². The molecule has 0 aliphatic carbocycles. The Morgan fingerprint density at radius 1 is 1.26 bits per heavy atom. The number of thioether (sulfide) groups is 1. The van der Waals surface area contributed by atoms with Gasteiger partial charge in [0.2, 0.25) is 0 Å². The number of carbonyl (C=O) groups excluding carboxylic acids is 1. The topological polar surface area (TPSA) is 46.5 Å². The molecule has 0 bridgehead atoms. The second-order valence-electron chi connectivity index (χ2n) is 5.54. The summed E-state index contributed by atoms with van der Waals surface area (Å²) in [5, 5.41) is 10.3. The fourth-order valence-electron chi connectivity index (χ4n) is 1.61. The van der Waals surface area contributed by atoms with E-state index in [1.165, 1.54) is 11.8 Å². The maximum Gasteiger partial charge on any atom is 0.195 e. The molecule has 2 atom stereocenters. The van der Waals surface area contributed by atoms with Crippen molar-refractivity contribution in [2.75, 3.05) is 7.11 Å². The third-order valence-electron chi connectivity index (χ3n) is 2.71. The van der Waals surface area contributed by atoms with Gasteiger partial charge >= 0.3 is 0 Å². The Balaban J connectivity index is 2.75. The molecule has 19 heavy (non-hydrogen) atoms. The maximum absolute atomic E-state index is 12.1. The molecule has 0 aliphatic rings. The van der Waals surface area contributed by atoms with Crippen LogP contribution in [0.5, 0.6) is 5.75 Å². The van der Waals surface area contributed by atoms with Gasteiger partial charge in [-0.3, -0.25) is 4.79 Å². The molecule has 3 nitrogen and oxygen atoms in total. The molecule has 0 heterocycles. The number of carbonyl (C=O) groups is 1. The Morgan fingerprint density at radius 3 is 2.21 bits per heavy atom. The van der Waals surface area contributed by atoms with Gasteiger partial charge in [-0.1, -0.05) is 51.6 Å². The second-order valence-corrected chi connectivity index (χ2v) is 7.37. The van der Waals surface area contributed by atoms with Crippen molar-refractivity contribution in [2.45, 2.75) is 38.5 Å². The molecule has 0 aliphatic heterocycles. The Hall–Kier alpha value is -1.00. The molecule has 0 fully saturated rings. The summed E-state index contributed by atoms with van der Waals surface area (Å²) in [4.78, 5) is 12.1. The molecule has 0 unspecified atom stereocenters. The molecule has 1 aromatic carbocycles. The first kappa shape index (κ1) is 16.1. The zero-order valence-electron chi connectivity index (χ0n) is 12.1. The summed E-state index contributed by atoms with van der Waals surface area (Å²) >= 11 is 1.27. The van der Waals surface area contributed by atoms with E-state index < -0.39 is 12.0 Å². The van der Waals surface area contributed by atoms with Crippen LogP contribution in [0.25, 0.3) is 0 Å². The van der Waals surface area contributed by atoms with Gasteiger partial charge in [-0.25, -0.2) is 0 Å². The van der Waals surface area contributed by atoms with Gasteiger partial charge < -0.3 is 9.84 Å². The minimum Gasteiger partial charge on any atom is -0.497 e. The number of aliphatic hydroxyl groups is 1. The van der Waals surface area contributed by atoms with E-state index in [-0.39, 0.29) is 9.86 Å². The third kappa shape index (κ3) is 4.88. The van der Waals surface area contributed by atoms with Crippen molar-refractivity contribution >= 4 is 16.9 Å². The summed E-state index contributed by atoms with van der Waals surface area (Å²) in [7, 11) is 1.59. The molecule has 0 saturated heterocycles. The lowest BCUT2D eigenvalue weighted by Gasteiger charge is -2.22. The van der Waals surface area contributed by atoms with Crippen LogP contribution < -0.4 is 4.74 Å². The fraction of sp³-hybridized carbons (Fsp3) is 0.533. The van der Waals surface area contributed by atoms with E-state index in [0.29, 0.717) is 0 Å². The molecule has 0 saturated carbocycles. The number of methoxy groups -OCH3 is 1. The average Bonchev–Trinajstić information content (AvgIpc) is 2.35. The largest absolute Gasteiger partial charge is 0.497 e. The van der Waals surface area contributed by atoms with Gasteiger partial charge in [0.15, 0.2) is 5.12 Å². The number of hydrogen-bond acceptors (Lipinski definition) is 4. The van der Waals surface area contributed by atoms with Crippen LogP contribution in [0.1, 0.15) is 39.4 Å². The normalized spacial score (nSPS) is 14.8. The number of ether oxygens (including phenoxy) is 1. The highest BCUT2D eigenvalue weighted by Crippen LogP contribution is 2.32. The molecule has 1 N–H and O–H groups in total. The molecular formula is C15H22O3S. The molecule has 1 aromatic rings. The monoisotopic (exact) mass is 282 g/mol. The van der Waals surface area contributed by atoms with Crippen LogP contribution in [0.15, 0.2) is 24.3 Å². The summed E-state index contributed by atoms with van der Waals surface area (Å²) in [6.45, 7) is 7.72. The first-order chi connectivity index (χ1) is 8.74. The highest BCUT2D eigenvalue weighted by atomic mass is 32.2. The SMILES string of the molecule is COc1ccc([C@@H](O)[C@@H](C)C(=O)SC(C)(C)C)cc1. The van der Waals surface area contributed by atoms with Crippen molar-refractivity contribution in [3.63, 3.8) is 0 Å². The summed E-state index contributed by atoms with van der Waals surface area (Å²) in [6, 6.07) is 7.14. The summed E-state index contributed by atoms with van der Waals surface area (Å²) < 4.78 is 4.94. The molecule has 0 radical (unpaired) electrons. The van der Waals surface area contributed by atoms with Gasteiger partial charge in [-0.2, -0.15) is 0 Å². The van der Waals surface area contributed by atoms with E-state index in [0.717, 1.165) is 11.3 Å². The Labute approximate surface area is 119 Å². The second kappa shape index (κ2) is 6.44. The van der Waals surface area contributed by atoms with E-state index in [9.17, 15) is 9.90 Å². The van der Waals surface area contributed by atoms with E-state index in [2.05, 4.69) is 0 Å². The maximum atomic E-state index is 12.1. The van der Waals surface area contributed by atoms with Crippen molar-refractivity contribution in [3.05, 3.63) is 29.8 Å². The third-order valence-corrected chi connectivity index (χ3v) is 3.89. The quantitative estimate of drug-likeness (QED) is 0.919. The molecule has 106 valence electrons. The zero-order valence-corrected chi connectivity index (χ0v) is 13.0. The van der Waals surface area contributed by atoms with E-state index in [4.69, 9.17) is 4.74 Å². The van der Waals surface area contributed by atoms with Crippen molar-refractivity contribution in [1.82, 2.24) is 0 Å². The predicted molar refractivity (Wildman–Crippen MR) is 79.5 cm³/mol. The Kier molecular flexibility index (Phi) is 5.44. The van der Waals surface area contributed by atoms with Crippen molar-refractivity contribution in [2.24, 2.45) is 5.92 Å². The van der Waals surface area contributed by atoms with Gasteiger partial charge in [0.25, 0.3) is 0 Å². The number of aliphatic hydroxyl groups excluding tert-OH is 1. The smallest absolute Gasteiger partial charge is 0.195 e. The van der Waals surface area contributed by atoms with Gasteiger partial charge in [-0.05, 0) is 17.7 Å². The zero-order chi connectivity index (χ0) is 14.6. The number of benzene rings is 1. The van der Waals surface area contributed by atoms with Crippen molar-refractivity contribution in [3.8, 4) is 5.75 Å². The number of rotatable bonds is 4. The molecule has 0 aromatic heterocycles. The standard InChI is InChI=1S/C15H22O3S/c1-10(14(17)19-15(2,3)4)13(16)11-6-8-12(18-5)9-7-11/h6-10,13,16H,1-5H3/t10-,13+/m1/s1. The van der Waals surface area contributed by atoms with Gasteiger partial charge in [0.1, 0.15) is 5.75 Å². The van der Waals surface area contributed by atoms with Gasteiger partial charge in [0.05, 0.1) is 19.1 Å². The van der Waals surface area contributed by atoms with E-state index in [1.54, 1.807) is 38.3 Å². The minimum absolute atomic E-state index is 0.0100. The lowest BCUT2D eigenvalue weighted by Crippen LogP contribution is -2.21. The van der Waals surface area contributed by atoms with Crippen molar-refractivity contribution < 1.29 is 14.6 Å². The highest BCUT2D eigenvalue weighted by Gasteiger charge is 2.27. The average molecular weight is 282 g/mol. The minimum atomic E-state index is -0.784. The Bertz CT molecular complexity index is 420.